The highest BCUT2D eigenvalue weighted by atomic mass is 16.2. The summed E-state index contributed by atoms with van der Waals surface area (Å²) in [7, 11) is 0. The first-order chi connectivity index (χ1) is 10.6. The van der Waals surface area contributed by atoms with Gasteiger partial charge in [0.15, 0.2) is 0 Å². The Labute approximate surface area is 127 Å². The molecule has 2 heterocycles. The number of nitrogens with zero attached hydrogens (tertiary/aromatic N) is 4. The van der Waals surface area contributed by atoms with Crippen molar-refractivity contribution in [2.45, 2.75) is 26.3 Å². The maximum atomic E-state index is 11.9. The molecule has 0 unspecified atom stereocenters. The molecule has 22 heavy (non-hydrogen) atoms. The Morgan fingerprint density at radius 3 is 2.95 bits per heavy atom. The first-order valence-electron chi connectivity index (χ1n) is 7.17. The minimum absolute atomic E-state index is 0.0448. The maximum Gasteiger partial charge on any atom is 0.226 e. The fourth-order valence-electron chi connectivity index (χ4n) is 2.59. The van der Waals surface area contributed by atoms with Gasteiger partial charge in [0.2, 0.25) is 11.8 Å². The summed E-state index contributed by atoms with van der Waals surface area (Å²) in [6, 6.07) is 5.65. The number of anilines is 2. The van der Waals surface area contributed by atoms with Crippen LogP contribution in [0.5, 0.6) is 0 Å². The van der Waals surface area contributed by atoms with E-state index in [0.717, 1.165) is 23.4 Å². The molecule has 1 aromatic carbocycles. The molecule has 0 fully saturated rings. The second-order valence-corrected chi connectivity index (χ2v) is 5.22. The first kappa shape index (κ1) is 14.2. The lowest BCUT2D eigenvalue weighted by molar-refractivity contribution is -0.117. The van der Waals surface area contributed by atoms with Crippen molar-refractivity contribution in [2.24, 2.45) is 0 Å². The van der Waals surface area contributed by atoms with Crippen LogP contribution in [0, 0.1) is 0 Å². The van der Waals surface area contributed by atoms with Crippen molar-refractivity contribution in [3.8, 4) is 0 Å². The highest BCUT2D eigenvalue weighted by Gasteiger charge is 2.22. The Hall–Kier alpha value is -2.70. The van der Waals surface area contributed by atoms with Gasteiger partial charge < -0.3 is 10.2 Å². The second kappa shape index (κ2) is 5.97. The summed E-state index contributed by atoms with van der Waals surface area (Å²) in [6.07, 6.45) is 4.18. The van der Waals surface area contributed by atoms with E-state index in [1.165, 1.54) is 6.33 Å². The molecule has 1 aliphatic heterocycles. The molecule has 0 radical (unpaired) electrons. The molecule has 114 valence electrons. The van der Waals surface area contributed by atoms with Crippen LogP contribution < -0.4 is 10.2 Å². The van der Waals surface area contributed by atoms with Crippen LogP contribution in [0.25, 0.3) is 0 Å². The van der Waals surface area contributed by atoms with E-state index < -0.39 is 0 Å². The van der Waals surface area contributed by atoms with Gasteiger partial charge in [-0.25, -0.2) is 4.98 Å². The number of benzene rings is 1. The quantitative estimate of drug-likeness (QED) is 0.920. The number of nitrogens with one attached hydrogen (secondary N) is 1. The largest absolute Gasteiger partial charge is 0.326 e. The number of aromatic nitrogens is 3. The summed E-state index contributed by atoms with van der Waals surface area (Å²) in [5.41, 5.74) is 2.78. The van der Waals surface area contributed by atoms with Crippen molar-refractivity contribution in [3.05, 3.63) is 36.4 Å². The Morgan fingerprint density at radius 2 is 2.23 bits per heavy atom. The van der Waals surface area contributed by atoms with Gasteiger partial charge in [0.1, 0.15) is 12.7 Å². The Bertz CT molecular complexity index is 696. The van der Waals surface area contributed by atoms with E-state index in [-0.39, 0.29) is 11.8 Å². The van der Waals surface area contributed by atoms with Crippen molar-refractivity contribution in [1.29, 1.82) is 0 Å². The molecule has 0 aliphatic carbocycles. The molecule has 1 N–H and O–H groups in total. The smallest absolute Gasteiger partial charge is 0.226 e. The second-order valence-electron chi connectivity index (χ2n) is 5.22. The predicted octanol–water partition coefficient (Wildman–Crippen LogP) is 1.22. The molecule has 7 heteroatoms. The van der Waals surface area contributed by atoms with Gasteiger partial charge in [0.05, 0.1) is 6.54 Å². The van der Waals surface area contributed by atoms with Crippen LogP contribution in [-0.4, -0.2) is 33.1 Å². The summed E-state index contributed by atoms with van der Waals surface area (Å²) in [5, 5.41) is 6.83. The summed E-state index contributed by atoms with van der Waals surface area (Å²) in [6.45, 7) is 2.76. The van der Waals surface area contributed by atoms with Crippen molar-refractivity contribution in [1.82, 2.24) is 14.8 Å². The summed E-state index contributed by atoms with van der Waals surface area (Å²) >= 11 is 0. The monoisotopic (exact) mass is 299 g/mol. The molecular formula is C15H17N5O2. The van der Waals surface area contributed by atoms with E-state index in [4.69, 9.17) is 0 Å². The zero-order valence-electron chi connectivity index (χ0n) is 12.3. The average Bonchev–Trinajstić information content (AvgIpc) is 3.14. The van der Waals surface area contributed by atoms with Crippen LogP contribution in [-0.2, 0) is 22.6 Å². The van der Waals surface area contributed by atoms with Crippen molar-refractivity contribution >= 4 is 23.2 Å². The van der Waals surface area contributed by atoms with Gasteiger partial charge in [-0.3, -0.25) is 14.3 Å². The highest BCUT2D eigenvalue weighted by Crippen LogP contribution is 2.30. The summed E-state index contributed by atoms with van der Waals surface area (Å²) in [5.74, 6) is -0.0276. The Morgan fingerprint density at radius 1 is 1.36 bits per heavy atom. The number of hydrogen-bond donors (Lipinski definition) is 1. The van der Waals surface area contributed by atoms with Crippen LogP contribution in [0.1, 0.15) is 18.9 Å². The van der Waals surface area contributed by atoms with E-state index in [9.17, 15) is 9.59 Å². The predicted molar refractivity (Wildman–Crippen MR) is 81.4 cm³/mol. The van der Waals surface area contributed by atoms with Crippen LogP contribution >= 0.6 is 0 Å². The van der Waals surface area contributed by atoms with Crippen molar-refractivity contribution < 1.29 is 9.59 Å². The average molecular weight is 299 g/mol. The molecule has 0 saturated carbocycles. The normalized spacial score (nSPS) is 13.0. The molecule has 0 bridgehead atoms. The van der Waals surface area contributed by atoms with E-state index in [2.05, 4.69) is 15.4 Å². The van der Waals surface area contributed by atoms with Gasteiger partial charge in [-0.1, -0.05) is 0 Å². The molecule has 0 spiro atoms. The minimum Gasteiger partial charge on any atom is -0.326 e. The zero-order valence-corrected chi connectivity index (χ0v) is 12.3. The van der Waals surface area contributed by atoms with Gasteiger partial charge in [0, 0.05) is 31.3 Å². The molecule has 0 saturated heterocycles. The zero-order chi connectivity index (χ0) is 15.5. The third-order valence-corrected chi connectivity index (χ3v) is 3.67. The summed E-state index contributed by atoms with van der Waals surface area (Å²) < 4.78 is 1.62. The third-order valence-electron chi connectivity index (χ3n) is 3.67. The van der Waals surface area contributed by atoms with Crippen molar-refractivity contribution in [2.75, 3.05) is 16.8 Å². The molecule has 1 aromatic heterocycles. The number of amides is 2. The van der Waals surface area contributed by atoms with Gasteiger partial charge in [-0.15, -0.1) is 0 Å². The van der Waals surface area contributed by atoms with Crippen molar-refractivity contribution in [3.63, 3.8) is 0 Å². The van der Waals surface area contributed by atoms with Gasteiger partial charge in [-0.05, 0) is 30.2 Å². The first-order valence-corrected chi connectivity index (χ1v) is 7.17. The highest BCUT2D eigenvalue weighted by molar-refractivity contribution is 5.95. The van der Waals surface area contributed by atoms with Crippen LogP contribution in [0.2, 0.25) is 0 Å². The lowest BCUT2D eigenvalue weighted by Gasteiger charge is -2.15. The van der Waals surface area contributed by atoms with Gasteiger partial charge >= 0.3 is 0 Å². The lowest BCUT2D eigenvalue weighted by Crippen LogP contribution is -2.25. The topological polar surface area (TPSA) is 80.1 Å². The fourth-order valence-corrected chi connectivity index (χ4v) is 2.59. The van der Waals surface area contributed by atoms with Crippen LogP contribution in [0.15, 0.2) is 30.9 Å². The Balaban J connectivity index is 1.61. The molecular weight excluding hydrogens is 282 g/mol. The molecule has 0 atom stereocenters. The molecule has 2 amide bonds. The lowest BCUT2D eigenvalue weighted by atomic mass is 10.1. The van der Waals surface area contributed by atoms with E-state index in [0.29, 0.717) is 19.5 Å². The number of carbonyl (C=O) groups is 2. The van der Waals surface area contributed by atoms with E-state index >= 15 is 0 Å². The molecule has 2 aromatic rings. The van der Waals surface area contributed by atoms with E-state index in [1.54, 1.807) is 22.8 Å². The number of aryl methyl sites for hydroxylation is 1. The van der Waals surface area contributed by atoms with Crippen LogP contribution in [0.4, 0.5) is 11.4 Å². The number of carbonyl (C=O) groups excluding carboxylic acids is 2. The SMILES string of the molecule is CC(=O)N1CCc2cc(NC(=O)CCn3cncn3)ccc21. The third kappa shape index (κ3) is 2.98. The fraction of sp³-hybridized carbons (Fsp3) is 0.333. The van der Waals surface area contributed by atoms with Crippen LogP contribution in [0.3, 0.4) is 0 Å². The van der Waals surface area contributed by atoms with Gasteiger partial charge in [-0.2, -0.15) is 5.10 Å². The number of hydrogen-bond acceptors (Lipinski definition) is 4. The minimum atomic E-state index is -0.0723. The number of fused-ring (bicyclic) bond motifs is 1. The van der Waals surface area contributed by atoms with Gasteiger partial charge in [0.25, 0.3) is 0 Å². The molecule has 7 nitrogen and oxygen atoms in total. The molecule has 1 aliphatic rings. The molecule has 3 rings (SSSR count). The Kier molecular flexibility index (Phi) is 3.86. The summed E-state index contributed by atoms with van der Waals surface area (Å²) in [4.78, 5) is 29.0. The standard InChI is InChI=1S/C15H17N5O2/c1-11(21)20-7-4-12-8-13(2-3-14(12)20)18-15(22)5-6-19-10-16-9-17-19/h2-3,8-10H,4-7H2,1H3,(H,18,22). The van der Waals surface area contributed by atoms with E-state index in [1.807, 2.05) is 18.2 Å². The maximum absolute atomic E-state index is 11.9. The number of rotatable bonds is 4.